The monoisotopic (exact) mass is 339 g/mol. The summed E-state index contributed by atoms with van der Waals surface area (Å²) in [6.45, 7) is 6.01. The maximum absolute atomic E-state index is 12.4. The van der Waals surface area contributed by atoms with Crippen LogP contribution < -0.4 is 5.32 Å². The summed E-state index contributed by atoms with van der Waals surface area (Å²) in [5.41, 5.74) is 2.37. The van der Waals surface area contributed by atoms with Crippen LogP contribution in [0.5, 0.6) is 0 Å². The van der Waals surface area contributed by atoms with Gasteiger partial charge in [0.15, 0.2) is 0 Å². The van der Waals surface area contributed by atoms with Crippen molar-refractivity contribution in [1.29, 1.82) is 0 Å². The normalized spacial score (nSPS) is 13.4. The van der Waals surface area contributed by atoms with Crippen molar-refractivity contribution in [3.63, 3.8) is 0 Å². The summed E-state index contributed by atoms with van der Waals surface area (Å²) in [5.74, 6) is -0.160. The molecule has 0 fully saturated rings. The Kier molecular flexibility index (Phi) is 4.20. The first kappa shape index (κ1) is 17.0. The zero-order valence-electron chi connectivity index (χ0n) is 14.8. The Morgan fingerprint density at radius 3 is 2.56 bits per heavy atom. The molecule has 0 saturated heterocycles. The predicted molar refractivity (Wildman–Crippen MR) is 97.2 cm³/mol. The van der Waals surface area contributed by atoms with Gasteiger partial charge in [-0.1, -0.05) is 32.9 Å². The smallest absolute Gasteiger partial charge is 0.340 e. The Balaban J connectivity index is 2.10. The van der Waals surface area contributed by atoms with Gasteiger partial charge in [0.2, 0.25) is 11.9 Å². The Bertz CT molecular complexity index is 914. The molecule has 0 saturated carbocycles. The number of hydrogen-bond donors (Lipinski definition) is 1. The number of fused-ring (bicyclic) bond motifs is 1. The number of aromatic nitrogens is 2. The summed E-state index contributed by atoms with van der Waals surface area (Å²) < 4.78 is 6.66. The highest BCUT2D eigenvalue weighted by Gasteiger charge is 2.23. The number of nitrogens with one attached hydrogen (secondary N) is 1. The number of anilines is 1. The fourth-order valence-electron chi connectivity index (χ4n) is 2.72. The van der Waals surface area contributed by atoms with Gasteiger partial charge in [-0.15, -0.1) is 0 Å². The number of ether oxygens (including phenoxy) is 1. The second-order valence-corrected chi connectivity index (χ2v) is 7.17. The SMILES string of the molecule is COC(=O)c1cccc2nc(NC(=O)CC(C)(C)C)n(C3=CC=C3)c12. The zero-order valence-corrected chi connectivity index (χ0v) is 14.8. The number of carbonyl (C=O) groups is 2. The second kappa shape index (κ2) is 6.20. The Labute approximate surface area is 146 Å². The number of nitrogens with zero attached hydrogens (tertiary/aromatic N) is 2. The van der Waals surface area contributed by atoms with E-state index in [2.05, 4.69) is 10.3 Å². The molecule has 0 bridgehead atoms. The molecule has 1 aromatic heterocycles. The summed E-state index contributed by atoms with van der Waals surface area (Å²) in [5, 5.41) is 2.88. The Morgan fingerprint density at radius 2 is 2.00 bits per heavy atom. The minimum atomic E-state index is -0.441. The van der Waals surface area contributed by atoms with Gasteiger partial charge in [0.1, 0.15) is 0 Å². The lowest BCUT2D eigenvalue weighted by atomic mass is 9.92. The third-order valence-electron chi connectivity index (χ3n) is 3.82. The summed E-state index contributed by atoms with van der Waals surface area (Å²) >= 11 is 0. The third kappa shape index (κ3) is 3.33. The molecule has 1 heterocycles. The number of benzene rings is 1. The molecule has 1 amide bonds. The van der Waals surface area contributed by atoms with Crippen LogP contribution in [0.2, 0.25) is 0 Å². The van der Waals surface area contributed by atoms with Crippen molar-refractivity contribution in [2.24, 2.45) is 5.41 Å². The van der Waals surface area contributed by atoms with E-state index in [-0.39, 0.29) is 11.3 Å². The first-order chi connectivity index (χ1) is 11.8. The van der Waals surface area contributed by atoms with Crippen LogP contribution in [0.15, 0.2) is 36.4 Å². The summed E-state index contributed by atoms with van der Waals surface area (Å²) in [6, 6.07) is 5.24. The van der Waals surface area contributed by atoms with E-state index in [9.17, 15) is 9.59 Å². The van der Waals surface area contributed by atoms with E-state index < -0.39 is 5.97 Å². The van der Waals surface area contributed by atoms with Crippen LogP contribution in [0, 0.1) is 5.41 Å². The van der Waals surface area contributed by atoms with E-state index in [4.69, 9.17) is 4.74 Å². The summed E-state index contributed by atoms with van der Waals surface area (Å²) in [6.07, 6.45) is 6.06. The number of esters is 1. The first-order valence-corrected chi connectivity index (χ1v) is 8.08. The van der Waals surface area contributed by atoms with Gasteiger partial charge in [-0.25, -0.2) is 9.78 Å². The first-order valence-electron chi connectivity index (χ1n) is 8.08. The van der Waals surface area contributed by atoms with E-state index in [0.29, 0.717) is 29.0 Å². The molecule has 2 aromatic rings. The van der Waals surface area contributed by atoms with Crippen LogP contribution in [0.4, 0.5) is 5.95 Å². The van der Waals surface area contributed by atoms with E-state index in [1.807, 2.05) is 39.0 Å². The molecule has 0 radical (unpaired) electrons. The number of allylic oxidation sites excluding steroid dienone is 4. The van der Waals surface area contributed by atoms with Gasteiger partial charge in [0.05, 0.1) is 23.7 Å². The number of carbonyl (C=O) groups excluding carboxylic acids is 2. The molecule has 25 heavy (non-hydrogen) atoms. The maximum atomic E-state index is 12.4. The maximum Gasteiger partial charge on any atom is 0.340 e. The van der Waals surface area contributed by atoms with Crippen molar-refractivity contribution in [2.75, 3.05) is 12.4 Å². The van der Waals surface area contributed by atoms with E-state index in [1.54, 1.807) is 22.8 Å². The highest BCUT2D eigenvalue weighted by atomic mass is 16.5. The topological polar surface area (TPSA) is 73.2 Å². The van der Waals surface area contributed by atoms with Gasteiger partial charge in [0, 0.05) is 12.1 Å². The van der Waals surface area contributed by atoms with Crippen molar-refractivity contribution >= 4 is 34.6 Å². The predicted octanol–water partition coefficient (Wildman–Crippen LogP) is 3.61. The van der Waals surface area contributed by atoms with Gasteiger partial charge < -0.3 is 4.74 Å². The van der Waals surface area contributed by atoms with Crippen LogP contribution in [0.1, 0.15) is 37.6 Å². The van der Waals surface area contributed by atoms with Gasteiger partial charge in [-0.3, -0.25) is 14.7 Å². The van der Waals surface area contributed by atoms with Crippen molar-refractivity contribution in [3.8, 4) is 0 Å². The standard InChI is InChI=1S/C19H21N3O3/c1-19(2,3)11-15(23)21-18-20-14-10-6-9-13(17(24)25-4)16(14)22(18)12-7-5-8-12/h5-10H,11H2,1-4H3,(H,20,21,23). The van der Waals surface area contributed by atoms with Crippen LogP contribution in [0.25, 0.3) is 16.7 Å². The summed E-state index contributed by atoms with van der Waals surface area (Å²) in [7, 11) is 1.34. The lowest BCUT2D eigenvalue weighted by Gasteiger charge is -2.18. The van der Waals surface area contributed by atoms with Gasteiger partial charge in [0.25, 0.3) is 0 Å². The summed E-state index contributed by atoms with van der Waals surface area (Å²) in [4.78, 5) is 29.0. The largest absolute Gasteiger partial charge is 0.465 e. The zero-order chi connectivity index (χ0) is 18.2. The fourth-order valence-corrected chi connectivity index (χ4v) is 2.72. The number of hydrogen-bond acceptors (Lipinski definition) is 4. The van der Waals surface area contributed by atoms with Crippen molar-refractivity contribution in [2.45, 2.75) is 27.2 Å². The minimum Gasteiger partial charge on any atom is -0.465 e. The molecule has 0 aliphatic heterocycles. The Morgan fingerprint density at radius 1 is 1.28 bits per heavy atom. The lowest BCUT2D eigenvalue weighted by molar-refractivity contribution is -0.117. The lowest BCUT2D eigenvalue weighted by Crippen LogP contribution is -2.21. The van der Waals surface area contributed by atoms with Crippen molar-refractivity contribution in [3.05, 3.63) is 42.0 Å². The average molecular weight is 339 g/mol. The molecule has 1 aromatic carbocycles. The molecule has 1 N–H and O–H groups in total. The average Bonchev–Trinajstić information content (AvgIpc) is 2.81. The molecular weight excluding hydrogens is 318 g/mol. The van der Waals surface area contributed by atoms with E-state index >= 15 is 0 Å². The number of methoxy groups -OCH3 is 1. The van der Waals surface area contributed by atoms with Crippen LogP contribution in [-0.4, -0.2) is 28.5 Å². The molecular formula is C19H21N3O3. The molecule has 1 aliphatic carbocycles. The number of amides is 1. The quantitative estimate of drug-likeness (QED) is 0.864. The van der Waals surface area contributed by atoms with Gasteiger partial charge in [-0.2, -0.15) is 0 Å². The van der Waals surface area contributed by atoms with Crippen molar-refractivity contribution in [1.82, 2.24) is 9.55 Å². The van der Waals surface area contributed by atoms with Crippen LogP contribution in [-0.2, 0) is 9.53 Å². The van der Waals surface area contributed by atoms with E-state index in [1.165, 1.54) is 7.11 Å². The number of rotatable bonds is 4. The highest BCUT2D eigenvalue weighted by Crippen LogP contribution is 2.31. The molecule has 0 atom stereocenters. The minimum absolute atomic E-state index is 0.118. The Hall–Kier alpha value is -2.89. The number of para-hydroxylation sites is 1. The van der Waals surface area contributed by atoms with Crippen LogP contribution >= 0.6 is 0 Å². The van der Waals surface area contributed by atoms with E-state index in [0.717, 1.165) is 5.70 Å². The van der Waals surface area contributed by atoms with Crippen molar-refractivity contribution < 1.29 is 14.3 Å². The molecule has 3 rings (SSSR count). The third-order valence-corrected chi connectivity index (χ3v) is 3.82. The van der Waals surface area contributed by atoms with Gasteiger partial charge >= 0.3 is 5.97 Å². The highest BCUT2D eigenvalue weighted by molar-refractivity contribution is 6.05. The fraction of sp³-hybridized carbons (Fsp3) is 0.316. The molecule has 0 spiro atoms. The van der Waals surface area contributed by atoms with Gasteiger partial charge in [-0.05, 0) is 29.7 Å². The molecule has 1 aliphatic rings. The van der Waals surface area contributed by atoms with Crippen LogP contribution in [0.3, 0.4) is 0 Å². The molecule has 6 nitrogen and oxygen atoms in total. The second-order valence-electron chi connectivity index (χ2n) is 7.17. The molecule has 0 unspecified atom stereocenters. The molecule has 6 heteroatoms. The number of imidazole rings is 1. The molecule has 130 valence electrons.